The predicted molar refractivity (Wildman–Crippen MR) is 92.7 cm³/mol. The zero-order valence-corrected chi connectivity index (χ0v) is 14.4. The van der Waals surface area contributed by atoms with E-state index in [-0.39, 0.29) is 6.04 Å². The van der Waals surface area contributed by atoms with Crippen LogP contribution in [0.4, 0.5) is 0 Å². The van der Waals surface area contributed by atoms with Crippen LogP contribution in [-0.2, 0) is 0 Å². The van der Waals surface area contributed by atoms with E-state index in [1.54, 1.807) is 7.11 Å². The second-order valence-corrected chi connectivity index (χ2v) is 6.09. The zero-order valence-electron chi connectivity index (χ0n) is 11.5. The van der Waals surface area contributed by atoms with Gasteiger partial charge in [-0.05, 0) is 64.5 Å². The summed E-state index contributed by atoms with van der Waals surface area (Å²) < 4.78 is 6.42. The normalized spacial score (nSPS) is 12.2. The average molecular weight is 402 g/mol. The Bertz CT molecular complexity index is 588. The molecule has 20 heavy (non-hydrogen) atoms. The van der Waals surface area contributed by atoms with Gasteiger partial charge in [0.25, 0.3) is 0 Å². The van der Waals surface area contributed by atoms with Crippen molar-refractivity contribution in [3.8, 4) is 5.75 Å². The van der Waals surface area contributed by atoms with E-state index < -0.39 is 0 Å². The van der Waals surface area contributed by atoms with Crippen molar-refractivity contribution in [1.29, 1.82) is 0 Å². The first-order valence-corrected chi connectivity index (χ1v) is 7.93. The standard InChI is InChI=1S/C16H17ClINO/c1-3-19-16(11-5-4-6-12(18)9-11)14-8-7-13(20-2)10-15(14)17/h4-10,16,19H,3H2,1-2H3. The van der Waals surface area contributed by atoms with Crippen molar-refractivity contribution in [2.45, 2.75) is 13.0 Å². The molecule has 0 saturated carbocycles. The molecule has 0 radical (unpaired) electrons. The predicted octanol–water partition coefficient (Wildman–Crippen LogP) is 4.65. The molecular formula is C16H17ClINO. The minimum atomic E-state index is 0.0909. The minimum absolute atomic E-state index is 0.0909. The molecule has 2 nitrogen and oxygen atoms in total. The summed E-state index contributed by atoms with van der Waals surface area (Å²) >= 11 is 8.73. The third-order valence-corrected chi connectivity index (χ3v) is 4.11. The lowest BCUT2D eigenvalue weighted by Crippen LogP contribution is -2.22. The molecule has 0 aliphatic carbocycles. The van der Waals surface area contributed by atoms with Crippen LogP contribution in [0.2, 0.25) is 5.02 Å². The Morgan fingerprint density at radius 1 is 1.25 bits per heavy atom. The number of halogens is 2. The zero-order chi connectivity index (χ0) is 14.5. The van der Waals surface area contributed by atoms with Crippen molar-refractivity contribution < 1.29 is 4.74 Å². The smallest absolute Gasteiger partial charge is 0.120 e. The van der Waals surface area contributed by atoms with Crippen LogP contribution in [0, 0.1) is 3.57 Å². The fraction of sp³-hybridized carbons (Fsp3) is 0.250. The molecule has 0 spiro atoms. The highest BCUT2D eigenvalue weighted by atomic mass is 127. The molecule has 0 heterocycles. The SMILES string of the molecule is CCNC(c1cccc(I)c1)c1ccc(OC)cc1Cl. The number of ether oxygens (including phenoxy) is 1. The molecule has 1 atom stereocenters. The molecule has 0 aliphatic heterocycles. The van der Waals surface area contributed by atoms with Gasteiger partial charge in [0, 0.05) is 8.59 Å². The molecule has 2 rings (SSSR count). The van der Waals surface area contributed by atoms with Gasteiger partial charge in [-0.15, -0.1) is 0 Å². The molecule has 0 aromatic heterocycles. The summed E-state index contributed by atoms with van der Waals surface area (Å²) in [6.07, 6.45) is 0. The number of hydrogen-bond donors (Lipinski definition) is 1. The number of hydrogen-bond acceptors (Lipinski definition) is 2. The quantitative estimate of drug-likeness (QED) is 0.736. The second kappa shape index (κ2) is 7.29. The molecule has 1 N–H and O–H groups in total. The van der Waals surface area contributed by atoms with Crippen molar-refractivity contribution in [1.82, 2.24) is 5.32 Å². The molecule has 0 aliphatic rings. The van der Waals surface area contributed by atoms with Gasteiger partial charge in [0.2, 0.25) is 0 Å². The molecule has 0 fully saturated rings. The number of rotatable bonds is 5. The Morgan fingerprint density at radius 3 is 2.65 bits per heavy atom. The van der Waals surface area contributed by atoms with Crippen molar-refractivity contribution in [2.24, 2.45) is 0 Å². The molecule has 0 saturated heterocycles. The van der Waals surface area contributed by atoms with E-state index in [0.29, 0.717) is 5.02 Å². The molecule has 2 aromatic carbocycles. The Hall–Kier alpha value is -0.780. The summed E-state index contributed by atoms with van der Waals surface area (Å²) in [5, 5.41) is 4.21. The number of nitrogens with one attached hydrogen (secondary N) is 1. The summed E-state index contributed by atoms with van der Waals surface area (Å²) in [6, 6.07) is 14.4. The highest BCUT2D eigenvalue weighted by Gasteiger charge is 2.16. The van der Waals surface area contributed by atoms with E-state index in [9.17, 15) is 0 Å². The average Bonchev–Trinajstić information content (AvgIpc) is 2.45. The molecular weight excluding hydrogens is 385 g/mol. The van der Waals surface area contributed by atoms with Gasteiger partial charge in [0.15, 0.2) is 0 Å². The van der Waals surface area contributed by atoms with Crippen LogP contribution in [-0.4, -0.2) is 13.7 Å². The Balaban J connectivity index is 2.43. The fourth-order valence-electron chi connectivity index (χ4n) is 2.17. The highest BCUT2D eigenvalue weighted by Crippen LogP contribution is 2.31. The van der Waals surface area contributed by atoms with Gasteiger partial charge in [-0.2, -0.15) is 0 Å². The first-order valence-electron chi connectivity index (χ1n) is 6.48. The van der Waals surface area contributed by atoms with Crippen LogP contribution in [0.5, 0.6) is 5.75 Å². The first kappa shape index (κ1) is 15.6. The molecule has 2 aromatic rings. The molecule has 4 heteroatoms. The third-order valence-electron chi connectivity index (χ3n) is 3.11. The van der Waals surface area contributed by atoms with Gasteiger partial charge < -0.3 is 10.1 Å². The maximum absolute atomic E-state index is 6.41. The lowest BCUT2D eigenvalue weighted by Gasteiger charge is -2.21. The Kier molecular flexibility index (Phi) is 5.69. The lowest BCUT2D eigenvalue weighted by molar-refractivity contribution is 0.414. The van der Waals surface area contributed by atoms with Crippen molar-refractivity contribution >= 4 is 34.2 Å². The van der Waals surface area contributed by atoms with Gasteiger partial charge in [-0.3, -0.25) is 0 Å². The van der Waals surface area contributed by atoms with Crippen LogP contribution in [0.3, 0.4) is 0 Å². The Morgan fingerprint density at radius 2 is 2.05 bits per heavy atom. The maximum Gasteiger partial charge on any atom is 0.120 e. The van der Waals surface area contributed by atoms with Crippen molar-refractivity contribution in [2.75, 3.05) is 13.7 Å². The fourth-order valence-corrected chi connectivity index (χ4v) is 3.01. The van der Waals surface area contributed by atoms with E-state index in [0.717, 1.165) is 17.9 Å². The third kappa shape index (κ3) is 3.65. The lowest BCUT2D eigenvalue weighted by atomic mass is 9.98. The van der Waals surface area contributed by atoms with Gasteiger partial charge in [-0.25, -0.2) is 0 Å². The van der Waals surface area contributed by atoms with Crippen molar-refractivity contribution in [3.63, 3.8) is 0 Å². The van der Waals surface area contributed by atoms with E-state index >= 15 is 0 Å². The minimum Gasteiger partial charge on any atom is -0.497 e. The maximum atomic E-state index is 6.41. The summed E-state index contributed by atoms with van der Waals surface area (Å²) in [6.45, 7) is 2.97. The van der Waals surface area contributed by atoms with E-state index in [2.05, 4.69) is 59.1 Å². The molecule has 0 bridgehead atoms. The molecule has 0 amide bonds. The monoisotopic (exact) mass is 401 g/mol. The van der Waals surface area contributed by atoms with Gasteiger partial charge in [-0.1, -0.05) is 36.7 Å². The van der Waals surface area contributed by atoms with Crippen LogP contribution >= 0.6 is 34.2 Å². The summed E-state index contributed by atoms with van der Waals surface area (Å²) in [7, 11) is 1.65. The van der Waals surface area contributed by atoms with E-state index in [4.69, 9.17) is 16.3 Å². The van der Waals surface area contributed by atoms with E-state index in [1.807, 2.05) is 18.2 Å². The largest absolute Gasteiger partial charge is 0.497 e. The van der Waals surface area contributed by atoms with Gasteiger partial charge in [0.1, 0.15) is 5.75 Å². The van der Waals surface area contributed by atoms with Gasteiger partial charge in [0.05, 0.1) is 13.2 Å². The summed E-state index contributed by atoms with van der Waals surface area (Å²) in [5.41, 5.74) is 2.28. The second-order valence-electron chi connectivity index (χ2n) is 4.43. The van der Waals surface area contributed by atoms with Crippen LogP contribution in [0.15, 0.2) is 42.5 Å². The van der Waals surface area contributed by atoms with Crippen LogP contribution < -0.4 is 10.1 Å². The Labute approximate surface area is 138 Å². The molecule has 106 valence electrons. The van der Waals surface area contributed by atoms with E-state index in [1.165, 1.54) is 9.13 Å². The topological polar surface area (TPSA) is 21.3 Å². The van der Waals surface area contributed by atoms with Gasteiger partial charge >= 0.3 is 0 Å². The molecule has 1 unspecified atom stereocenters. The summed E-state index contributed by atoms with van der Waals surface area (Å²) in [4.78, 5) is 0. The van der Waals surface area contributed by atoms with Crippen LogP contribution in [0.25, 0.3) is 0 Å². The number of benzene rings is 2. The highest BCUT2D eigenvalue weighted by molar-refractivity contribution is 14.1. The first-order chi connectivity index (χ1) is 9.65. The summed E-state index contributed by atoms with van der Waals surface area (Å²) in [5.74, 6) is 0.775. The van der Waals surface area contributed by atoms with Crippen molar-refractivity contribution in [3.05, 3.63) is 62.2 Å². The number of methoxy groups -OCH3 is 1. The van der Waals surface area contributed by atoms with Crippen LogP contribution in [0.1, 0.15) is 24.1 Å².